The number of aromatic nitrogens is 1. The molecule has 0 atom stereocenters. The molecule has 1 aromatic heterocycles. The predicted octanol–water partition coefficient (Wildman–Crippen LogP) is 0.930. The Morgan fingerprint density at radius 2 is 2.64 bits per heavy atom. The van der Waals surface area contributed by atoms with Gasteiger partial charge in [0.15, 0.2) is 0 Å². The summed E-state index contributed by atoms with van der Waals surface area (Å²) >= 11 is 0. The zero-order valence-electron chi connectivity index (χ0n) is 6.13. The minimum absolute atomic E-state index is 0.102. The Labute approximate surface area is 65.1 Å². The van der Waals surface area contributed by atoms with Gasteiger partial charge < -0.3 is 10.3 Å². The fourth-order valence-electron chi connectivity index (χ4n) is 0.732. The molecule has 0 saturated heterocycles. The number of aromatic amines is 1. The predicted molar refractivity (Wildman–Crippen MR) is 43.3 cm³/mol. The molecule has 0 aliphatic carbocycles. The molecule has 1 amide bonds. The maximum Gasteiger partial charge on any atom is 0.267 e. The normalized spacial score (nSPS) is 9.09. The summed E-state index contributed by atoms with van der Waals surface area (Å²) in [5.74, 6) is -0.102. The third kappa shape index (κ3) is 1.97. The van der Waals surface area contributed by atoms with Crippen LogP contribution in [0, 0.1) is 0 Å². The molecule has 0 fully saturated rings. The van der Waals surface area contributed by atoms with Gasteiger partial charge in [0.25, 0.3) is 5.91 Å². The van der Waals surface area contributed by atoms with Crippen molar-refractivity contribution in [3.8, 4) is 0 Å². The van der Waals surface area contributed by atoms with Gasteiger partial charge in [-0.15, -0.1) is 6.58 Å². The van der Waals surface area contributed by atoms with Gasteiger partial charge in [0, 0.05) is 12.7 Å². The molecule has 0 saturated carbocycles. The van der Waals surface area contributed by atoms with Gasteiger partial charge in [0.05, 0.1) is 0 Å². The standard InChI is InChI=1S/C8H10N2O/c1-2-5-10-8(11)7-4-3-6-9-7/h2-4,6,9H,1,5H2,(H,10,11). The Kier molecular flexibility index (Phi) is 2.49. The van der Waals surface area contributed by atoms with Crippen LogP contribution in [0.5, 0.6) is 0 Å². The Balaban J connectivity index is 2.49. The summed E-state index contributed by atoms with van der Waals surface area (Å²) in [6.07, 6.45) is 3.35. The Morgan fingerprint density at radius 3 is 3.18 bits per heavy atom. The molecule has 1 aromatic rings. The van der Waals surface area contributed by atoms with Crippen LogP contribution in [-0.4, -0.2) is 17.4 Å². The van der Waals surface area contributed by atoms with Gasteiger partial charge >= 0.3 is 0 Å². The molecule has 0 aliphatic heterocycles. The van der Waals surface area contributed by atoms with E-state index in [0.29, 0.717) is 12.2 Å². The first-order chi connectivity index (χ1) is 5.34. The van der Waals surface area contributed by atoms with Crippen molar-refractivity contribution in [2.24, 2.45) is 0 Å². The van der Waals surface area contributed by atoms with E-state index in [-0.39, 0.29) is 5.91 Å². The Hall–Kier alpha value is -1.51. The van der Waals surface area contributed by atoms with E-state index in [2.05, 4.69) is 16.9 Å². The molecular weight excluding hydrogens is 140 g/mol. The molecule has 1 heterocycles. The fourth-order valence-corrected chi connectivity index (χ4v) is 0.732. The highest BCUT2D eigenvalue weighted by molar-refractivity contribution is 5.92. The van der Waals surface area contributed by atoms with E-state index in [1.54, 1.807) is 24.4 Å². The molecule has 3 heteroatoms. The second kappa shape index (κ2) is 3.61. The van der Waals surface area contributed by atoms with Crippen molar-refractivity contribution in [1.82, 2.24) is 10.3 Å². The summed E-state index contributed by atoms with van der Waals surface area (Å²) in [7, 11) is 0. The second-order valence-electron chi connectivity index (χ2n) is 2.08. The summed E-state index contributed by atoms with van der Waals surface area (Å²) in [6.45, 7) is 3.99. The van der Waals surface area contributed by atoms with Crippen molar-refractivity contribution in [3.63, 3.8) is 0 Å². The molecule has 0 radical (unpaired) electrons. The lowest BCUT2D eigenvalue weighted by Gasteiger charge is -1.97. The Bertz CT molecular complexity index is 239. The van der Waals surface area contributed by atoms with Crippen molar-refractivity contribution in [1.29, 1.82) is 0 Å². The number of carbonyl (C=O) groups excluding carboxylic acids is 1. The van der Waals surface area contributed by atoms with Gasteiger partial charge in [0.2, 0.25) is 0 Å². The maximum atomic E-state index is 11.1. The first kappa shape index (κ1) is 7.60. The third-order valence-electron chi connectivity index (χ3n) is 1.25. The zero-order chi connectivity index (χ0) is 8.10. The average molecular weight is 150 g/mol. The van der Waals surface area contributed by atoms with E-state index >= 15 is 0 Å². The molecule has 0 unspecified atom stereocenters. The van der Waals surface area contributed by atoms with Crippen LogP contribution in [-0.2, 0) is 0 Å². The molecule has 0 spiro atoms. The van der Waals surface area contributed by atoms with Crippen molar-refractivity contribution in [3.05, 3.63) is 36.7 Å². The first-order valence-corrected chi connectivity index (χ1v) is 3.37. The molecule has 58 valence electrons. The van der Waals surface area contributed by atoms with Crippen LogP contribution in [0.3, 0.4) is 0 Å². The van der Waals surface area contributed by atoms with Gasteiger partial charge in [-0.3, -0.25) is 4.79 Å². The van der Waals surface area contributed by atoms with Crippen molar-refractivity contribution in [2.75, 3.05) is 6.54 Å². The molecule has 2 N–H and O–H groups in total. The van der Waals surface area contributed by atoms with E-state index in [4.69, 9.17) is 0 Å². The highest BCUT2D eigenvalue weighted by Crippen LogP contribution is 1.92. The summed E-state index contributed by atoms with van der Waals surface area (Å²) in [5.41, 5.74) is 0.576. The third-order valence-corrected chi connectivity index (χ3v) is 1.25. The van der Waals surface area contributed by atoms with Gasteiger partial charge in [-0.2, -0.15) is 0 Å². The van der Waals surface area contributed by atoms with Crippen molar-refractivity contribution >= 4 is 5.91 Å². The molecule has 3 nitrogen and oxygen atoms in total. The maximum absolute atomic E-state index is 11.1. The number of amides is 1. The number of carbonyl (C=O) groups is 1. The van der Waals surface area contributed by atoms with E-state index in [1.807, 2.05) is 0 Å². The van der Waals surface area contributed by atoms with Gasteiger partial charge in [-0.25, -0.2) is 0 Å². The highest BCUT2D eigenvalue weighted by atomic mass is 16.1. The second-order valence-corrected chi connectivity index (χ2v) is 2.08. The van der Waals surface area contributed by atoms with Crippen LogP contribution < -0.4 is 5.32 Å². The highest BCUT2D eigenvalue weighted by Gasteiger charge is 2.01. The lowest BCUT2D eigenvalue weighted by molar-refractivity contribution is 0.0953. The SMILES string of the molecule is C=CCNC(=O)c1ccc[nH]1. The fraction of sp³-hybridized carbons (Fsp3) is 0.125. The number of rotatable bonds is 3. The van der Waals surface area contributed by atoms with E-state index in [9.17, 15) is 4.79 Å². The topological polar surface area (TPSA) is 44.9 Å². The quantitative estimate of drug-likeness (QED) is 0.618. The largest absolute Gasteiger partial charge is 0.357 e. The average Bonchev–Trinajstić information content (AvgIpc) is 2.52. The smallest absolute Gasteiger partial charge is 0.267 e. The summed E-state index contributed by atoms with van der Waals surface area (Å²) < 4.78 is 0. The van der Waals surface area contributed by atoms with Gasteiger partial charge in [-0.05, 0) is 12.1 Å². The molecular formula is C8H10N2O. The molecule has 0 aliphatic rings. The number of hydrogen-bond donors (Lipinski definition) is 2. The molecule has 11 heavy (non-hydrogen) atoms. The van der Waals surface area contributed by atoms with Crippen LogP contribution >= 0.6 is 0 Å². The molecule has 0 bridgehead atoms. The Morgan fingerprint density at radius 1 is 1.82 bits per heavy atom. The number of H-pyrrole nitrogens is 1. The molecule has 0 aromatic carbocycles. The lowest BCUT2D eigenvalue weighted by atomic mass is 10.4. The number of nitrogens with one attached hydrogen (secondary N) is 2. The monoisotopic (exact) mass is 150 g/mol. The van der Waals surface area contributed by atoms with Gasteiger partial charge in [0.1, 0.15) is 5.69 Å². The summed E-state index contributed by atoms with van der Waals surface area (Å²) in [5, 5.41) is 2.65. The first-order valence-electron chi connectivity index (χ1n) is 3.37. The van der Waals surface area contributed by atoms with E-state index in [1.165, 1.54) is 0 Å². The lowest BCUT2D eigenvalue weighted by Crippen LogP contribution is -2.23. The number of hydrogen-bond acceptors (Lipinski definition) is 1. The van der Waals surface area contributed by atoms with Crippen LogP contribution in [0.1, 0.15) is 10.5 Å². The van der Waals surface area contributed by atoms with Crippen molar-refractivity contribution < 1.29 is 4.79 Å². The summed E-state index contributed by atoms with van der Waals surface area (Å²) in [6, 6.07) is 3.50. The van der Waals surface area contributed by atoms with Crippen LogP contribution in [0.2, 0.25) is 0 Å². The van der Waals surface area contributed by atoms with Gasteiger partial charge in [-0.1, -0.05) is 6.08 Å². The van der Waals surface area contributed by atoms with E-state index in [0.717, 1.165) is 0 Å². The van der Waals surface area contributed by atoms with Crippen LogP contribution in [0.4, 0.5) is 0 Å². The van der Waals surface area contributed by atoms with Crippen LogP contribution in [0.25, 0.3) is 0 Å². The zero-order valence-corrected chi connectivity index (χ0v) is 6.13. The van der Waals surface area contributed by atoms with Crippen LogP contribution in [0.15, 0.2) is 31.0 Å². The van der Waals surface area contributed by atoms with E-state index < -0.39 is 0 Å². The van der Waals surface area contributed by atoms with Crippen molar-refractivity contribution in [2.45, 2.75) is 0 Å². The summed E-state index contributed by atoms with van der Waals surface area (Å²) in [4.78, 5) is 13.9. The minimum Gasteiger partial charge on any atom is -0.357 e. The molecule has 1 rings (SSSR count). The minimum atomic E-state index is -0.102.